The third-order valence-electron chi connectivity index (χ3n) is 5.58. The van der Waals surface area contributed by atoms with E-state index in [-0.39, 0.29) is 18.2 Å². The molecule has 3 aromatic rings. The van der Waals surface area contributed by atoms with Crippen molar-refractivity contribution in [1.29, 1.82) is 0 Å². The summed E-state index contributed by atoms with van der Waals surface area (Å²) in [6, 6.07) is 17.8. The number of nitrogens with zero attached hydrogens (tertiary/aromatic N) is 2. The number of para-hydroxylation sites is 1. The number of methoxy groups -OCH3 is 1. The summed E-state index contributed by atoms with van der Waals surface area (Å²) in [5.41, 5.74) is 3.89. The molecule has 35 heavy (non-hydrogen) atoms. The molecule has 7 nitrogen and oxygen atoms in total. The number of hydrogen-bond donors (Lipinski definition) is 0. The van der Waals surface area contributed by atoms with E-state index in [9.17, 15) is 14.9 Å². The fourth-order valence-electron chi connectivity index (χ4n) is 4.04. The molecule has 0 radical (unpaired) electrons. The lowest BCUT2D eigenvalue weighted by Gasteiger charge is -2.19. The van der Waals surface area contributed by atoms with Crippen molar-refractivity contribution in [2.75, 3.05) is 18.6 Å². The highest BCUT2D eigenvalue weighted by molar-refractivity contribution is 9.10. The third-order valence-corrected chi connectivity index (χ3v) is 6.16. The minimum absolute atomic E-state index is 0.00660. The number of ether oxygens (including phenoxy) is 2. The van der Waals surface area contributed by atoms with Crippen LogP contribution in [-0.2, 0) is 11.4 Å². The van der Waals surface area contributed by atoms with Crippen LogP contribution in [0.4, 0.5) is 11.4 Å². The van der Waals surface area contributed by atoms with Crippen LogP contribution in [0.15, 0.2) is 65.1 Å². The minimum atomic E-state index is -0.437. The molecule has 0 aliphatic carbocycles. The monoisotopic (exact) mass is 536 g/mol. The van der Waals surface area contributed by atoms with Crippen molar-refractivity contribution in [3.63, 3.8) is 0 Å². The van der Waals surface area contributed by atoms with Crippen LogP contribution in [0.2, 0.25) is 0 Å². The first-order chi connectivity index (χ1) is 16.8. The molecule has 8 heteroatoms. The Morgan fingerprint density at radius 2 is 1.89 bits per heavy atom. The highest BCUT2D eigenvalue weighted by atomic mass is 79.9. The summed E-state index contributed by atoms with van der Waals surface area (Å²) in [4.78, 5) is 25.7. The fraction of sp³-hybridized carbons (Fsp3) is 0.222. The number of benzene rings is 3. The number of anilines is 1. The van der Waals surface area contributed by atoms with Crippen molar-refractivity contribution >= 4 is 44.9 Å². The van der Waals surface area contributed by atoms with E-state index in [1.165, 1.54) is 12.1 Å². The number of hydrogen-bond acceptors (Lipinski definition) is 5. The maximum atomic E-state index is 13.3. The summed E-state index contributed by atoms with van der Waals surface area (Å²) in [6.45, 7) is 4.95. The van der Waals surface area contributed by atoms with Crippen molar-refractivity contribution in [3.8, 4) is 11.5 Å². The van der Waals surface area contributed by atoms with Crippen LogP contribution >= 0.6 is 15.9 Å². The van der Waals surface area contributed by atoms with Crippen LogP contribution in [0.5, 0.6) is 11.5 Å². The number of carbonyl (C=O) groups excluding carboxylic acids is 1. The van der Waals surface area contributed by atoms with Crippen LogP contribution in [-0.4, -0.2) is 24.5 Å². The van der Waals surface area contributed by atoms with Crippen LogP contribution in [0.3, 0.4) is 0 Å². The van der Waals surface area contributed by atoms with Gasteiger partial charge in [0.2, 0.25) is 0 Å². The van der Waals surface area contributed by atoms with Crippen molar-refractivity contribution < 1.29 is 19.2 Å². The maximum absolute atomic E-state index is 13.3. The fourth-order valence-corrected chi connectivity index (χ4v) is 4.61. The summed E-state index contributed by atoms with van der Waals surface area (Å²) in [6.07, 6.45) is 1.86. The van der Waals surface area contributed by atoms with E-state index in [1.54, 1.807) is 19.2 Å². The molecule has 0 bridgehead atoms. The Bertz CT molecular complexity index is 1320. The topological polar surface area (TPSA) is 81.9 Å². The van der Waals surface area contributed by atoms with Crippen molar-refractivity contribution in [2.45, 2.75) is 20.5 Å². The number of nitro groups is 1. The second-order valence-corrected chi connectivity index (χ2v) is 9.49. The van der Waals surface area contributed by atoms with Gasteiger partial charge < -0.3 is 14.4 Å². The molecule has 0 atom stereocenters. The van der Waals surface area contributed by atoms with Gasteiger partial charge in [0.1, 0.15) is 6.61 Å². The molecule has 0 saturated heterocycles. The van der Waals surface area contributed by atoms with E-state index in [0.717, 1.165) is 16.8 Å². The Morgan fingerprint density at radius 1 is 1.11 bits per heavy atom. The normalized spacial score (nSPS) is 13.9. The van der Waals surface area contributed by atoms with Crippen molar-refractivity contribution in [1.82, 2.24) is 0 Å². The highest BCUT2D eigenvalue weighted by Crippen LogP contribution is 2.41. The summed E-state index contributed by atoms with van der Waals surface area (Å²) in [7, 11) is 1.54. The first-order valence-corrected chi connectivity index (χ1v) is 11.9. The zero-order valence-corrected chi connectivity index (χ0v) is 21.2. The Kier molecular flexibility index (Phi) is 7.21. The van der Waals surface area contributed by atoms with E-state index in [0.29, 0.717) is 39.6 Å². The van der Waals surface area contributed by atoms with Gasteiger partial charge in [-0.15, -0.1) is 0 Å². The summed E-state index contributed by atoms with van der Waals surface area (Å²) >= 11 is 3.55. The summed E-state index contributed by atoms with van der Waals surface area (Å²) < 4.78 is 12.2. The lowest BCUT2D eigenvalue weighted by molar-refractivity contribution is -0.384. The molecule has 180 valence electrons. The first-order valence-electron chi connectivity index (χ1n) is 11.1. The zero-order valence-electron chi connectivity index (χ0n) is 19.7. The molecule has 0 saturated carbocycles. The van der Waals surface area contributed by atoms with Gasteiger partial charge in [0.25, 0.3) is 11.6 Å². The van der Waals surface area contributed by atoms with Gasteiger partial charge in [-0.1, -0.05) is 44.2 Å². The lowest BCUT2D eigenvalue weighted by atomic mass is 10.0. The maximum Gasteiger partial charge on any atom is 0.269 e. The number of nitro benzene ring substituents is 1. The zero-order chi connectivity index (χ0) is 25.1. The number of halogens is 1. The molecule has 1 amide bonds. The van der Waals surface area contributed by atoms with E-state index in [4.69, 9.17) is 9.47 Å². The molecule has 0 aromatic heterocycles. The van der Waals surface area contributed by atoms with E-state index < -0.39 is 4.92 Å². The van der Waals surface area contributed by atoms with Crippen LogP contribution in [0.1, 0.15) is 30.5 Å². The molecule has 0 spiro atoms. The quantitative estimate of drug-likeness (QED) is 0.187. The van der Waals surface area contributed by atoms with Gasteiger partial charge in [-0.2, -0.15) is 0 Å². The summed E-state index contributed by atoms with van der Waals surface area (Å²) in [5.74, 6) is 1.26. The predicted molar refractivity (Wildman–Crippen MR) is 140 cm³/mol. The smallest absolute Gasteiger partial charge is 0.269 e. The van der Waals surface area contributed by atoms with Gasteiger partial charge >= 0.3 is 0 Å². The Balaban J connectivity index is 1.64. The minimum Gasteiger partial charge on any atom is -0.493 e. The second-order valence-electron chi connectivity index (χ2n) is 8.63. The van der Waals surface area contributed by atoms with E-state index >= 15 is 0 Å². The number of amides is 1. The van der Waals surface area contributed by atoms with Gasteiger partial charge in [-0.25, -0.2) is 0 Å². The molecular weight excluding hydrogens is 512 g/mol. The Labute approximate surface area is 212 Å². The van der Waals surface area contributed by atoms with Gasteiger partial charge in [0, 0.05) is 29.8 Å². The third kappa shape index (κ3) is 5.22. The molecule has 0 N–H and O–H groups in total. The Morgan fingerprint density at radius 3 is 2.60 bits per heavy atom. The van der Waals surface area contributed by atoms with Crippen LogP contribution in [0.25, 0.3) is 11.6 Å². The van der Waals surface area contributed by atoms with E-state index in [1.807, 2.05) is 47.4 Å². The number of non-ortho nitro benzene ring substituents is 1. The van der Waals surface area contributed by atoms with Crippen LogP contribution in [0, 0.1) is 16.0 Å². The number of fused-ring (bicyclic) bond motifs is 1. The molecule has 1 aliphatic rings. The average molecular weight is 537 g/mol. The van der Waals surface area contributed by atoms with Crippen molar-refractivity contribution in [2.24, 2.45) is 5.92 Å². The largest absolute Gasteiger partial charge is 0.493 e. The first kappa shape index (κ1) is 24.5. The predicted octanol–water partition coefficient (Wildman–Crippen LogP) is 6.49. The molecule has 0 unspecified atom stereocenters. The molecule has 3 aromatic carbocycles. The van der Waals surface area contributed by atoms with Gasteiger partial charge in [0.15, 0.2) is 11.5 Å². The van der Waals surface area contributed by atoms with Crippen molar-refractivity contribution in [3.05, 3.63) is 91.9 Å². The lowest BCUT2D eigenvalue weighted by Crippen LogP contribution is -2.30. The highest BCUT2D eigenvalue weighted by Gasteiger charge is 2.32. The molecule has 0 fully saturated rings. The Hall–Kier alpha value is -3.65. The standard InChI is InChI=1S/C27H25BrN2O5/c1-17(2)15-29-24-10-5-4-9-21(24)22(27(29)31)12-19-13-23(28)26(25(14-19)34-3)35-16-18-7-6-8-20(11-18)30(32)33/h4-14,17H,15-16H2,1-3H3/b22-12-. The SMILES string of the molecule is COc1cc(/C=C2\C(=O)N(CC(C)C)c3ccccc32)cc(Br)c1OCc1cccc([N+](=O)[O-])c1. The molecule has 4 rings (SSSR count). The van der Waals surface area contributed by atoms with Gasteiger partial charge in [-0.3, -0.25) is 14.9 Å². The summed E-state index contributed by atoms with van der Waals surface area (Å²) in [5, 5.41) is 11.0. The van der Waals surface area contributed by atoms with E-state index in [2.05, 4.69) is 29.8 Å². The van der Waals surface area contributed by atoms with Crippen LogP contribution < -0.4 is 14.4 Å². The molecule has 1 aliphatic heterocycles. The number of rotatable bonds is 8. The second kappa shape index (κ2) is 10.3. The average Bonchev–Trinajstić information content (AvgIpc) is 3.08. The molecule has 1 heterocycles. The number of carbonyl (C=O) groups is 1. The van der Waals surface area contributed by atoms with Gasteiger partial charge in [-0.05, 0) is 57.2 Å². The van der Waals surface area contributed by atoms with Gasteiger partial charge in [0.05, 0.1) is 22.2 Å². The molecular formula is C27H25BrN2O5.